The van der Waals surface area contributed by atoms with Crippen LogP contribution in [0.1, 0.15) is 17.2 Å². The van der Waals surface area contributed by atoms with E-state index in [2.05, 4.69) is 54.6 Å². The zero-order valence-corrected chi connectivity index (χ0v) is 18.0. The third kappa shape index (κ3) is 3.51. The van der Waals surface area contributed by atoms with E-state index in [0.717, 1.165) is 38.4 Å². The molecule has 0 aliphatic rings. The Balaban J connectivity index is 1.46. The zero-order chi connectivity index (χ0) is 22.2. The molecule has 0 spiro atoms. The number of hydrogen-bond acceptors (Lipinski definition) is 2. The molecule has 0 saturated heterocycles. The van der Waals surface area contributed by atoms with Crippen LogP contribution in [-0.2, 0) is 0 Å². The minimum absolute atomic E-state index is 0.650. The largest absolute Gasteiger partial charge is 0.457 e. The molecule has 6 aromatic carbocycles. The Morgan fingerprint density at radius 1 is 0.485 bits per heavy atom. The van der Waals surface area contributed by atoms with Crippen LogP contribution in [0.3, 0.4) is 0 Å². The lowest BCUT2D eigenvalue weighted by atomic mass is 9.91. The maximum atomic E-state index is 11.6. The molecule has 0 bridgehead atoms. The highest BCUT2D eigenvalue weighted by Gasteiger charge is 2.19. The molecule has 0 amide bonds. The fourth-order valence-electron chi connectivity index (χ4n) is 4.63. The molecular weight excluding hydrogens is 404 g/mol. The van der Waals surface area contributed by atoms with Gasteiger partial charge in [-0.25, -0.2) is 0 Å². The first-order valence-corrected chi connectivity index (χ1v) is 11.1. The number of fused-ring (bicyclic) bond motifs is 4. The molecule has 1 atom stereocenters. The molecule has 2 heteroatoms. The number of para-hydroxylation sites is 1. The van der Waals surface area contributed by atoms with Crippen LogP contribution in [0.5, 0.6) is 11.5 Å². The summed E-state index contributed by atoms with van der Waals surface area (Å²) in [5, 5.41) is 18.4. The fraction of sp³-hybridized carbons (Fsp3) is 0.0323. The Bertz CT molecular complexity index is 1620. The molecule has 0 saturated carbocycles. The van der Waals surface area contributed by atoms with Gasteiger partial charge in [-0.05, 0) is 62.1 Å². The molecule has 0 aliphatic heterocycles. The molecule has 1 unspecified atom stereocenters. The molecule has 0 fully saturated rings. The van der Waals surface area contributed by atoms with E-state index in [-0.39, 0.29) is 0 Å². The summed E-state index contributed by atoms with van der Waals surface area (Å²) in [5.41, 5.74) is 1.62. The van der Waals surface area contributed by atoms with Crippen LogP contribution >= 0.6 is 0 Å². The molecule has 33 heavy (non-hydrogen) atoms. The molecule has 158 valence electrons. The van der Waals surface area contributed by atoms with E-state index < -0.39 is 6.10 Å². The second-order valence-electron chi connectivity index (χ2n) is 8.28. The monoisotopic (exact) mass is 426 g/mol. The molecule has 1 N–H and O–H groups in total. The van der Waals surface area contributed by atoms with E-state index in [1.54, 1.807) is 0 Å². The van der Waals surface area contributed by atoms with Gasteiger partial charge in [0, 0.05) is 5.56 Å². The molecule has 0 aliphatic carbocycles. The number of hydrogen-bond donors (Lipinski definition) is 1. The second kappa shape index (κ2) is 8.09. The van der Waals surface area contributed by atoms with Crippen molar-refractivity contribution in [2.75, 3.05) is 0 Å². The number of aliphatic hydroxyl groups excluding tert-OH is 1. The highest BCUT2D eigenvalue weighted by Crippen LogP contribution is 2.38. The predicted molar refractivity (Wildman–Crippen MR) is 136 cm³/mol. The predicted octanol–water partition coefficient (Wildman–Crippen LogP) is 8.02. The Labute approximate surface area is 192 Å². The lowest BCUT2D eigenvalue weighted by Crippen LogP contribution is -2.03. The van der Waals surface area contributed by atoms with Crippen molar-refractivity contribution in [3.05, 3.63) is 132 Å². The van der Waals surface area contributed by atoms with Gasteiger partial charge in [0.15, 0.2) is 0 Å². The average Bonchev–Trinajstić information content (AvgIpc) is 2.88. The van der Waals surface area contributed by atoms with Crippen molar-refractivity contribution in [2.45, 2.75) is 6.10 Å². The van der Waals surface area contributed by atoms with Crippen LogP contribution in [0, 0.1) is 0 Å². The lowest BCUT2D eigenvalue weighted by Gasteiger charge is -2.19. The molecule has 6 aromatic rings. The topological polar surface area (TPSA) is 29.5 Å². The minimum Gasteiger partial charge on any atom is -0.457 e. The highest BCUT2D eigenvalue weighted by atomic mass is 16.5. The van der Waals surface area contributed by atoms with Gasteiger partial charge < -0.3 is 9.84 Å². The highest BCUT2D eigenvalue weighted by molar-refractivity contribution is 6.09. The standard InChI is InChI=1S/C31H22O2/c32-31(29-20-23-11-3-4-12-25(23)26-13-5-6-14-27(26)29)28-15-7-8-16-30(28)33-24-18-17-21-9-1-2-10-22(21)19-24/h1-20,31-32H. The molecule has 2 nitrogen and oxygen atoms in total. The Morgan fingerprint density at radius 3 is 1.97 bits per heavy atom. The smallest absolute Gasteiger partial charge is 0.133 e. The van der Waals surface area contributed by atoms with E-state index in [4.69, 9.17) is 4.74 Å². The van der Waals surface area contributed by atoms with Crippen LogP contribution in [0.2, 0.25) is 0 Å². The minimum atomic E-state index is -0.823. The van der Waals surface area contributed by atoms with Gasteiger partial charge in [-0.15, -0.1) is 0 Å². The van der Waals surface area contributed by atoms with Crippen LogP contribution in [0.25, 0.3) is 32.3 Å². The van der Waals surface area contributed by atoms with E-state index in [0.29, 0.717) is 5.75 Å². The lowest BCUT2D eigenvalue weighted by molar-refractivity contribution is 0.218. The third-order valence-electron chi connectivity index (χ3n) is 6.26. The van der Waals surface area contributed by atoms with Crippen molar-refractivity contribution in [1.29, 1.82) is 0 Å². The van der Waals surface area contributed by atoms with Gasteiger partial charge in [-0.3, -0.25) is 0 Å². The van der Waals surface area contributed by atoms with Crippen LogP contribution in [0.15, 0.2) is 121 Å². The van der Waals surface area contributed by atoms with Gasteiger partial charge >= 0.3 is 0 Å². The molecule has 0 radical (unpaired) electrons. The summed E-state index contributed by atoms with van der Waals surface area (Å²) < 4.78 is 6.30. The van der Waals surface area contributed by atoms with Crippen molar-refractivity contribution in [3.63, 3.8) is 0 Å². The zero-order valence-electron chi connectivity index (χ0n) is 18.0. The van der Waals surface area contributed by atoms with Crippen molar-refractivity contribution in [2.24, 2.45) is 0 Å². The Hall–Kier alpha value is -4.14. The van der Waals surface area contributed by atoms with Crippen molar-refractivity contribution in [3.8, 4) is 11.5 Å². The maximum absolute atomic E-state index is 11.6. The van der Waals surface area contributed by atoms with Gasteiger partial charge in [-0.1, -0.05) is 97.1 Å². The maximum Gasteiger partial charge on any atom is 0.133 e. The quantitative estimate of drug-likeness (QED) is 0.289. The molecule has 6 rings (SSSR count). The van der Waals surface area contributed by atoms with E-state index in [9.17, 15) is 5.11 Å². The molecular formula is C31H22O2. The third-order valence-corrected chi connectivity index (χ3v) is 6.26. The fourth-order valence-corrected chi connectivity index (χ4v) is 4.63. The van der Waals surface area contributed by atoms with Crippen LogP contribution in [-0.4, -0.2) is 5.11 Å². The van der Waals surface area contributed by atoms with E-state index in [1.165, 1.54) is 10.8 Å². The normalized spacial score (nSPS) is 12.3. The number of aliphatic hydroxyl groups is 1. The Morgan fingerprint density at radius 2 is 1.12 bits per heavy atom. The van der Waals surface area contributed by atoms with E-state index >= 15 is 0 Å². The SMILES string of the molecule is OC(c1ccccc1Oc1ccc2ccccc2c1)c1cc2ccccc2c2ccccc12. The number of rotatable bonds is 4. The van der Waals surface area contributed by atoms with Gasteiger partial charge in [0.25, 0.3) is 0 Å². The first kappa shape index (κ1) is 19.5. The molecule has 0 aromatic heterocycles. The summed E-state index contributed by atoms with van der Waals surface area (Å²) in [6, 6.07) is 40.6. The summed E-state index contributed by atoms with van der Waals surface area (Å²) >= 11 is 0. The second-order valence-corrected chi connectivity index (χ2v) is 8.28. The number of benzene rings is 6. The summed E-state index contributed by atoms with van der Waals surface area (Å²) in [5.74, 6) is 1.40. The average molecular weight is 427 g/mol. The summed E-state index contributed by atoms with van der Waals surface area (Å²) in [6.07, 6.45) is -0.823. The van der Waals surface area contributed by atoms with Crippen molar-refractivity contribution < 1.29 is 9.84 Å². The van der Waals surface area contributed by atoms with Crippen LogP contribution < -0.4 is 4.74 Å². The summed E-state index contributed by atoms with van der Waals surface area (Å²) in [6.45, 7) is 0. The number of ether oxygens (including phenoxy) is 1. The van der Waals surface area contributed by atoms with Gasteiger partial charge in [-0.2, -0.15) is 0 Å². The first-order valence-electron chi connectivity index (χ1n) is 11.1. The van der Waals surface area contributed by atoms with Gasteiger partial charge in [0.2, 0.25) is 0 Å². The first-order chi connectivity index (χ1) is 16.3. The summed E-state index contributed by atoms with van der Waals surface area (Å²) in [7, 11) is 0. The van der Waals surface area contributed by atoms with Crippen LogP contribution in [0.4, 0.5) is 0 Å². The van der Waals surface area contributed by atoms with Crippen molar-refractivity contribution in [1.82, 2.24) is 0 Å². The van der Waals surface area contributed by atoms with Gasteiger partial charge in [0.05, 0.1) is 0 Å². The molecule has 0 heterocycles. The summed E-state index contributed by atoms with van der Waals surface area (Å²) in [4.78, 5) is 0. The van der Waals surface area contributed by atoms with E-state index in [1.807, 2.05) is 66.7 Å². The Kier molecular flexibility index (Phi) is 4.79. The van der Waals surface area contributed by atoms with Gasteiger partial charge in [0.1, 0.15) is 17.6 Å². The van der Waals surface area contributed by atoms with Crippen molar-refractivity contribution >= 4 is 32.3 Å².